The minimum Gasteiger partial charge on any atom is -0.545 e. The first-order valence-electron chi connectivity index (χ1n) is 5.72. The molecule has 2 aromatic rings. The van der Waals surface area contributed by atoms with Crippen molar-refractivity contribution >= 4 is 32.8 Å². The molecule has 0 saturated heterocycles. The fraction of sp³-hybridized carbons (Fsp3) is 0.231. The van der Waals surface area contributed by atoms with E-state index in [4.69, 9.17) is 4.74 Å². The molecule has 0 saturated carbocycles. The summed E-state index contributed by atoms with van der Waals surface area (Å²) in [5.41, 5.74) is 0.758. The maximum absolute atomic E-state index is 12.2. The minimum atomic E-state index is -1.46. The summed E-state index contributed by atoms with van der Waals surface area (Å²) in [6.07, 6.45) is 1.34. The number of carboxylic acid groups (broad SMARTS) is 1. The first-order chi connectivity index (χ1) is 9.08. The fourth-order valence-electron chi connectivity index (χ4n) is 2.37. The SMILES string of the molecule is O=C([O-])c1cn2c3c(cc(Br)cc3c1=O)COCC2.[Na+]. The summed E-state index contributed by atoms with van der Waals surface area (Å²) >= 11 is 3.33. The molecule has 0 fully saturated rings. The van der Waals surface area contributed by atoms with Crippen LogP contribution in [-0.2, 0) is 17.9 Å². The molecule has 0 spiro atoms. The first kappa shape index (κ1) is 15.7. The molecular weight excluding hydrogens is 337 g/mol. The van der Waals surface area contributed by atoms with Gasteiger partial charge in [-0.1, -0.05) is 15.9 Å². The third kappa shape index (κ3) is 2.58. The van der Waals surface area contributed by atoms with Gasteiger partial charge in [0.2, 0.25) is 0 Å². The van der Waals surface area contributed by atoms with Crippen LogP contribution in [0.3, 0.4) is 0 Å². The van der Waals surface area contributed by atoms with Gasteiger partial charge in [0.15, 0.2) is 5.43 Å². The molecule has 1 aromatic carbocycles. The van der Waals surface area contributed by atoms with Gasteiger partial charge in [0.1, 0.15) is 0 Å². The zero-order valence-electron chi connectivity index (χ0n) is 10.8. The number of rotatable bonds is 1. The van der Waals surface area contributed by atoms with Crippen molar-refractivity contribution in [1.29, 1.82) is 0 Å². The Kier molecular flexibility index (Phi) is 4.71. The van der Waals surface area contributed by atoms with Gasteiger partial charge in [-0.2, -0.15) is 0 Å². The average Bonchev–Trinajstić information content (AvgIpc) is 2.55. The van der Waals surface area contributed by atoms with Crippen LogP contribution in [-0.4, -0.2) is 17.1 Å². The number of aromatic carboxylic acids is 1. The predicted octanol–water partition coefficient (Wildman–Crippen LogP) is -2.34. The molecule has 0 aliphatic carbocycles. The molecule has 5 nitrogen and oxygen atoms in total. The molecule has 0 amide bonds. The van der Waals surface area contributed by atoms with Crippen LogP contribution in [0.25, 0.3) is 10.9 Å². The van der Waals surface area contributed by atoms with Crippen LogP contribution in [0.15, 0.2) is 27.6 Å². The number of nitrogens with zero attached hydrogens (tertiary/aromatic N) is 1. The van der Waals surface area contributed by atoms with Gasteiger partial charge >= 0.3 is 29.6 Å². The van der Waals surface area contributed by atoms with E-state index in [0.717, 1.165) is 15.6 Å². The van der Waals surface area contributed by atoms with Crippen LogP contribution in [0.2, 0.25) is 0 Å². The Morgan fingerprint density at radius 3 is 2.85 bits per heavy atom. The normalized spacial score (nSPS) is 13.7. The third-order valence-corrected chi connectivity index (χ3v) is 3.63. The van der Waals surface area contributed by atoms with E-state index in [0.29, 0.717) is 25.1 Å². The molecule has 0 radical (unpaired) electrons. The molecule has 98 valence electrons. The monoisotopic (exact) mass is 345 g/mol. The minimum absolute atomic E-state index is 0. The number of hydrogen-bond acceptors (Lipinski definition) is 4. The van der Waals surface area contributed by atoms with Crippen molar-refractivity contribution < 1.29 is 44.2 Å². The zero-order valence-corrected chi connectivity index (χ0v) is 14.4. The van der Waals surface area contributed by atoms with Gasteiger partial charge in [0, 0.05) is 28.2 Å². The molecular formula is C13H9BrNNaO4. The molecule has 0 N–H and O–H groups in total. The number of pyridine rings is 1. The summed E-state index contributed by atoms with van der Waals surface area (Å²) in [4.78, 5) is 23.2. The standard InChI is InChI=1S/C13H10BrNO4.Na/c14-8-3-7-6-19-2-1-15-5-10(13(17)18)12(16)9(4-8)11(7)15;/h3-5H,1-2,6H2,(H,17,18);/q;+1/p-1. The molecule has 2 heterocycles. The van der Waals surface area contributed by atoms with Crippen molar-refractivity contribution in [2.24, 2.45) is 0 Å². The van der Waals surface area contributed by atoms with Gasteiger partial charge in [0.05, 0.1) is 30.3 Å². The fourth-order valence-corrected chi connectivity index (χ4v) is 2.87. The molecule has 1 aromatic heterocycles. The second-order valence-corrected chi connectivity index (χ2v) is 5.28. The third-order valence-electron chi connectivity index (χ3n) is 3.17. The molecule has 1 aliphatic rings. The zero-order chi connectivity index (χ0) is 13.6. The number of halogens is 1. The van der Waals surface area contributed by atoms with Crippen molar-refractivity contribution in [1.82, 2.24) is 4.57 Å². The molecule has 7 heteroatoms. The Labute approximate surface area is 145 Å². The van der Waals surface area contributed by atoms with Crippen LogP contribution in [0.5, 0.6) is 0 Å². The van der Waals surface area contributed by atoms with Gasteiger partial charge in [-0.05, 0) is 12.1 Å². The van der Waals surface area contributed by atoms with Crippen LogP contribution in [0, 0.1) is 0 Å². The summed E-state index contributed by atoms with van der Waals surface area (Å²) in [6.45, 7) is 1.38. The van der Waals surface area contributed by atoms with E-state index in [9.17, 15) is 14.7 Å². The molecule has 3 rings (SSSR count). The summed E-state index contributed by atoms with van der Waals surface area (Å²) in [6, 6.07) is 3.51. The van der Waals surface area contributed by atoms with E-state index < -0.39 is 11.4 Å². The van der Waals surface area contributed by atoms with Crippen molar-refractivity contribution in [3.63, 3.8) is 0 Å². The van der Waals surface area contributed by atoms with E-state index in [1.165, 1.54) is 6.20 Å². The maximum atomic E-state index is 12.2. The summed E-state index contributed by atoms with van der Waals surface area (Å²) < 4.78 is 7.92. The van der Waals surface area contributed by atoms with Gasteiger partial charge < -0.3 is 19.2 Å². The average molecular weight is 346 g/mol. The van der Waals surface area contributed by atoms with E-state index in [1.54, 1.807) is 10.6 Å². The van der Waals surface area contributed by atoms with Crippen LogP contribution in [0.1, 0.15) is 15.9 Å². The number of carboxylic acids is 1. The largest absolute Gasteiger partial charge is 1.00 e. The molecule has 1 aliphatic heterocycles. The topological polar surface area (TPSA) is 71.4 Å². The van der Waals surface area contributed by atoms with Crippen LogP contribution < -0.4 is 40.1 Å². The predicted molar refractivity (Wildman–Crippen MR) is 69.9 cm³/mol. The summed E-state index contributed by atoms with van der Waals surface area (Å²) in [7, 11) is 0. The Morgan fingerprint density at radius 1 is 1.40 bits per heavy atom. The Bertz CT molecular complexity index is 756. The molecule has 20 heavy (non-hydrogen) atoms. The van der Waals surface area contributed by atoms with Gasteiger partial charge in [-0.3, -0.25) is 4.79 Å². The number of carbonyl (C=O) groups excluding carboxylic acids is 1. The second kappa shape index (κ2) is 5.99. The quantitative estimate of drug-likeness (QED) is 0.543. The van der Waals surface area contributed by atoms with Crippen molar-refractivity contribution in [2.75, 3.05) is 6.61 Å². The maximum Gasteiger partial charge on any atom is 1.00 e. The summed E-state index contributed by atoms with van der Waals surface area (Å²) in [5, 5.41) is 11.4. The van der Waals surface area contributed by atoms with Gasteiger partial charge in [-0.25, -0.2) is 0 Å². The molecule has 0 atom stereocenters. The van der Waals surface area contributed by atoms with Gasteiger partial charge in [-0.15, -0.1) is 0 Å². The summed E-state index contributed by atoms with van der Waals surface area (Å²) in [5.74, 6) is -1.46. The van der Waals surface area contributed by atoms with E-state index >= 15 is 0 Å². The van der Waals surface area contributed by atoms with Crippen LogP contribution in [0.4, 0.5) is 0 Å². The number of aromatic nitrogens is 1. The van der Waals surface area contributed by atoms with E-state index in [1.807, 2.05) is 6.07 Å². The second-order valence-electron chi connectivity index (χ2n) is 4.37. The number of hydrogen-bond donors (Lipinski definition) is 0. The van der Waals surface area contributed by atoms with Crippen molar-refractivity contribution in [2.45, 2.75) is 13.2 Å². The smallest absolute Gasteiger partial charge is 0.545 e. The Hall–Kier alpha value is -0.660. The Balaban J connectivity index is 0.00000147. The number of carbonyl (C=O) groups is 1. The van der Waals surface area contributed by atoms with Crippen LogP contribution >= 0.6 is 15.9 Å². The molecule has 0 unspecified atom stereocenters. The van der Waals surface area contributed by atoms with Crippen molar-refractivity contribution in [3.05, 3.63) is 44.2 Å². The van der Waals surface area contributed by atoms with Crippen molar-refractivity contribution in [3.8, 4) is 0 Å². The number of benzene rings is 1. The van der Waals surface area contributed by atoms with Gasteiger partial charge in [0.25, 0.3) is 0 Å². The first-order valence-corrected chi connectivity index (χ1v) is 6.52. The molecule has 0 bridgehead atoms. The Morgan fingerprint density at radius 2 is 2.15 bits per heavy atom. The van der Waals surface area contributed by atoms with E-state index in [2.05, 4.69) is 15.9 Å². The number of ether oxygens (including phenoxy) is 1. The van der Waals surface area contributed by atoms with E-state index in [-0.39, 0.29) is 35.1 Å².